The summed E-state index contributed by atoms with van der Waals surface area (Å²) in [5.74, 6) is 1.42. The number of methoxy groups -OCH3 is 1. The zero-order chi connectivity index (χ0) is 15.2. The lowest BCUT2D eigenvalue weighted by Crippen LogP contribution is -2.41. The van der Waals surface area contributed by atoms with Crippen molar-refractivity contribution in [3.05, 3.63) is 23.9 Å². The smallest absolute Gasteiger partial charge is 0.255 e. The molecule has 0 aromatic carbocycles. The molecule has 0 spiro atoms. The van der Waals surface area contributed by atoms with E-state index in [4.69, 9.17) is 4.74 Å². The molecule has 1 aromatic heterocycles. The molecule has 1 atom stereocenters. The fourth-order valence-corrected chi connectivity index (χ4v) is 2.70. The number of carbonyl (C=O) groups excluding carboxylic acids is 1. The number of piperidine rings is 1. The normalized spacial score (nSPS) is 18.6. The Morgan fingerprint density at radius 2 is 2.33 bits per heavy atom. The summed E-state index contributed by atoms with van der Waals surface area (Å²) in [5, 5.41) is 0. The molecule has 116 valence electrons. The molecule has 1 saturated heterocycles. The van der Waals surface area contributed by atoms with Crippen LogP contribution in [0.4, 0.5) is 5.82 Å². The van der Waals surface area contributed by atoms with Gasteiger partial charge in [0.25, 0.3) is 5.91 Å². The van der Waals surface area contributed by atoms with Crippen molar-refractivity contribution in [1.82, 2.24) is 9.88 Å². The van der Waals surface area contributed by atoms with Crippen LogP contribution < -0.4 is 4.90 Å². The highest BCUT2D eigenvalue weighted by Gasteiger charge is 2.24. The Labute approximate surface area is 126 Å². The van der Waals surface area contributed by atoms with Crippen LogP contribution in [0.1, 0.15) is 30.1 Å². The van der Waals surface area contributed by atoms with Gasteiger partial charge < -0.3 is 14.5 Å². The van der Waals surface area contributed by atoms with Crippen molar-refractivity contribution in [1.29, 1.82) is 0 Å². The van der Waals surface area contributed by atoms with Gasteiger partial charge in [0.2, 0.25) is 0 Å². The Bertz CT molecular complexity index is 459. The second kappa shape index (κ2) is 7.41. The van der Waals surface area contributed by atoms with E-state index in [1.165, 1.54) is 0 Å². The Hall–Kier alpha value is -1.62. The maximum absolute atomic E-state index is 12.5. The number of rotatable bonds is 5. The monoisotopic (exact) mass is 291 g/mol. The van der Waals surface area contributed by atoms with Gasteiger partial charge in [-0.25, -0.2) is 4.98 Å². The van der Waals surface area contributed by atoms with Gasteiger partial charge in [0.1, 0.15) is 5.82 Å². The molecular formula is C16H25N3O2. The van der Waals surface area contributed by atoms with Gasteiger partial charge in [-0.15, -0.1) is 0 Å². The van der Waals surface area contributed by atoms with Crippen LogP contribution in [0.5, 0.6) is 0 Å². The van der Waals surface area contributed by atoms with Crippen molar-refractivity contribution < 1.29 is 9.53 Å². The van der Waals surface area contributed by atoms with Crippen molar-refractivity contribution in [2.45, 2.75) is 19.8 Å². The molecule has 1 fully saturated rings. The number of ether oxygens (including phenoxy) is 1. The summed E-state index contributed by atoms with van der Waals surface area (Å²) in [6.45, 7) is 5.30. The number of carbonyl (C=O) groups is 1. The third-order valence-corrected chi connectivity index (χ3v) is 4.07. The lowest BCUT2D eigenvalue weighted by molar-refractivity contribution is 0.0570. The van der Waals surface area contributed by atoms with Gasteiger partial charge in [-0.1, -0.05) is 0 Å². The highest BCUT2D eigenvalue weighted by atomic mass is 16.5. The summed E-state index contributed by atoms with van der Waals surface area (Å²) >= 11 is 0. The summed E-state index contributed by atoms with van der Waals surface area (Å²) in [6, 6.07) is 3.78. The van der Waals surface area contributed by atoms with Crippen molar-refractivity contribution in [2.75, 3.05) is 45.3 Å². The zero-order valence-corrected chi connectivity index (χ0v) is 13.2. The van der Waals surface area contributed by atoms with Gasteiger partial charge >= 0.3 is 0 Å². The molecule has 0 aliphatic carbocycles. The molecule has 0 saturated carbocycles. The SMILES string of the molecule is CCN(C)c1ccc(C(=O)N2CCCC(COC)C2)cn1. The van der Waals surface area contributed by atoms with Gasteiger partial charge in [0, 0.05) is 40.0 Å². The molecule has 1 amide bonds. The average molecular weight is 291 g/mol. The largest absolute Gasteiger partial charge is 0.384 e. The van der Waals surface area contributed by atoms with E-state index in [-0.39, 0.29) is 5.91 Å². The van der Waals surface area contributed by atoms with Crippen molar-refractivity contribution in [2.24, 2.45) is 5.92 Å². The number of anilines is 1. The van der Waals surface area contributed by atoms with Crippen LogP contribution in [-0.2, 0) is 4.74 Å². The summed E-state index contributed by atoms with van der Waals surface area (Å²) in [5.41, 5.74) is 0.668. The van der Waals surface area contributed by atoms with E-state index in [1.807, 2.05) is 29.0 Å². The number of nitrogens with zero attached hydrogens (tertiary/aromatic N) is 3. The summed E-state index contributed by atoms with van der Waals surface area (Å²) in [7, 11) is 3.71. The fourth-order valence-electron chi connectivity index (χ4n) is 2.70. The molecule has 5 heteroatoms. The molecule has 0 radical (unpaired) electrons. The highest BCUT2D eigenvalue weighted by molar-refractivity contribution is 5.94. The molecule has 2 heterocycles. The number of amides is 1. The first-order chi connectivity index (χ1) is 10.2. The minimum Gasteiger partial charge on any atom is -0.384 e. The van der Waals surface area contributed by atoms with Crippen LogP contribution in [0.2, 0.25) is 0 Å². The number of pyridine rings is 1. The third kappa shape index (κ3) is 3.94. The van der Waals surface area contributed by atoms with Crippen LogP contribution in [-0.4, -0.2) is 56.2 Å². The second-order valence-electron chi connectivity index (χ2n) is 5.63. The highest BCUT2D eigenvalue weighted by Crippen LogP contribution is 2.19. The van der Waals surface area contributed by atoms with E-state index in [9.17, 15) is 4.79 Å². The summed E-state index contributed by atoms with van der Waals surface area (Å²) < 4.78 is 5.21. The minimum atomic E-state index is 0.0778. The Balaban J connectivity index is 2.02. The molecule has 1 aromatic rings. The molecule has 5 nitrogen and oxygen atoms in total. The van der Waals surface area contributed by atoms with Gasteiger partial charge in [-0.05, 0) is 37.8 Å². The van der Waals surface area contributed by atoms with Crippen molar-refractivity contribution in [3.63, 3.8) is 0 Å². The predicted octanol–water partition coefficient (Wildman–Crippen LogP) is 2.04. The Morgan fingerprint density at radius 1 is 1.52 bits per heavy atom. The van der Waals surface area contributed by atoms with E-state index in [0.717, 1.165) is 44.9 Å². The van der Waals surface area contributed by atoms with Crippen molar-refractivity contribution >= 4 is 11.7 Å². The minimum absolute atomic E-state index is 0.0778. The number of likely N-dealkylation sites (tertiary alicyclic amines) is 1. The molecule has 2 rings (SSSR count). The van der Waals surface area contributed by atoms with Crippen LogP contribution in [0.15, 0.2) is 18.3 Å². The lowest BCUT2D eigenvalue weighted by Gasteiger charge is -2.32. The van der Waals surface area contributed by atoms with Gasteiger partial charge in [-0.2, -0.15) is 0 Å². The van der Waals surface area contributed by atoms with Crippen LogP contribution in [0.3, 0.4) is 0 Å². The standard InChI is InChI=1S/C16H25N3O2/c1-4-18(2)15-8-7-14(10-17-15)16(20)19-9-5-6-13(11-19)12-21-3/h7-8,10,13H,4-6,9,11-12H2,1-3H3. The van der Waals surface area contributed by atoms with Crippen LogP contribution in [0.25, 0.3) is 0 Å². The number of hydrogen-bond donors (Lipinski definition) is 0. The van der Waals surface area contributed by atoms with Gasteiger partial charge in [-0.3, -0.25) is 4.79 Å². The van der Waals surface area contributed by atoms with Crippen LogP contribution in [0, 0.1) is 5.92 Å². The zero-order valence-electron chi connectivity index (χ0n) is 13.2. The summed E-state index contributed by atoms with van der Waals surface area (Å²) in [4.78, 5) is 20.9. The average Bonchev–Trinajstić information content (AvgIpc) is 2.54. The Morgan fingerprint density at radius 3 is 2.95 bits per heavy atom. The topological polar surface area (TPSA) is 45.7 Å². The first-order valence-corrected chi connectivity index (χ1v) is 7.61. The van der Waals surface area contributed by atoms with Gasteiger partial charge in [0.15, 0.2) is 0 Å². The van der Waals surface area contributed by atoms with Crippen LogP contribution >= 0.6 is 0 Å². The number of hydrogen-bond acceptors (Lipinski definition) is 4. The summed E-state index contributed by atoms with van der Waals surface area (Å²) in [6.07, 6.45) is 3.86. The molecule has 21 heavy (non-hydrogen) atoms. The van der Waals surface area contributed by atoms with E-state index >= 15 is 0 Å². The van der Waals surface area contributed by atoms with E-state index in [1.54, 1.807) is 13.3 Å². The van der Waals surface area contributed by atoms with Gasteiger partial charge in [0.05, 0.1) is 12.2 Å². The van der Waals surface area contributed by atoms with E-state index in [2.05, 4.69) is 11.9 Å². The second-order valence-corrected chi connectivity index (χ2v) is 5.63. The molecule has 0 bridgehead atoms. The Kier molecular flexibility index (Phi) is 5.56. The molecule has 0 N–H and O–H groups in total. The van der Waals surface area contributed by atoms with Crippen molar-refractivity contribution in [3.8, 4) is 0 Å². The first-order valence-electron chi connectivity index (χ1n) is 7.61. The quantitative estimate of drug-likeness (QED) is 0.833. The molecule has 1 unspecified atom stereocenters. The molecular weight excluding hydrogens is 266 g/mol. The van der Waals surface area contributed by atoms with E-state index in [0.29, 0.717) is 11.5 Å². The van der Waals surface area contributed by atoms with E-state index < -0.39 is 0 Å². The maximum Gasteiger partial charge on any atom is 0.255 e. The lowest BCUT2D eigenvalue weighted by atomic mass is 9.98. The number of aromatic nitrogens is 1. The molecule has 1 aliphatic heterocycles. The fraction of sp³-hybridized carbons (Fsp3) is 0.625. The first kappa shape index (κ1) is 15.8. The predicted molar refractivity (Wildman–Crippen MR) is 83.7 cm³/mol. The molecule has 1 aliphatic rings. The maximum atomic E-state index is 12.5. The third-order valence-electron chi connectivity index (χ3n) is 4.07.